The van der Waals surface area contributed by atoms with E-state index in [2.05, 4.69) is 0 Å². The Bertz CT molecular complexity index is 1080. The monoisotopic (exact) mass is 356 g/mol. The second kappa shape index (κ2) is 7.50. The van der Waals surface area contributed by atoms with Crippen LogP contribution in [0.15, 0.2) is 83.5 Å². The number of fused-ring (bicyclic) bond motifs is 1. The molecule has 0 unspecified atom stereocenters. The van der Waals surface area contributed by atoms with Gasteiger partial charge in [0.1, 0.15) is 22.9 Å². The van der Waals surface area contributed by atoms with E-state index in [0.29, 0.717) is 12.8 Å². The summed E-state index contributed by atoms with van der Waals surface area (Å²) in [5.41, 5.74) is 3.87. The molecule has 0 spiro atoms. The van der Waals surface area contributed by atoms with Crippen LogP contribution in [0.4, 0.5) is 0 Å². The number of ketones is 1. The Kier molecular flexibility index (Phi) is 4.75. The van der Waals surface area contributed by atoms with Crippen LogP contribution in [0.25, 0.3) is 11.0 Å². The molecule has 0 atom stereocenters. The van der Waals surface area contributed by atoms with Gasteiger partial charge in [-0.3, -0.25) is 4.79 Å². The Balaban J connectivity index is 1.42. The number of Topliss-reactive ketones (excluding diaryl/α,β-unsaturated/α-hetero) is 1. The first kappa shape index (κ1) is 17.1. The van der Waals surface area contributed by atoms with E-state index in [1.54, 1.807) is 6.26 Å². The predicted molar refractivity (Wildman–Crippen MR) is 106 cm³/mol. The van der Waals surface area contributed by atoms with Crippen molar-refractivity contribution in [1.82, 2.24) is 0 Å². The number of para-hydroxylation sites is 1. The molecule has 0 aliphatic rings. The quantitative estimate of drug-likeness (QED) is 0.432. The number of aryl methyl sites for hydroxylation is 1. The molecule has 0 aliphatic carbocycles. The van der Waals surface area contributed by atoms with Crippen LogP contribution in [0.1, 0.15) is 16.7 Å². The van der Waals surface area contributed by atoms with Crippen LogP contribution in [0.3, 0.4) is 0 Å². The number of hydrogen-bond donors (Lipinski definition) is 0. The van der Waals surface area contributed by atoms with E-state index in [4.69, 9.17) is 9.15 Å². The first-order chi connectivity index (χ1) is 13.2. The van der Waals surface area contributed by atoms with E-state index in [9.17, 15) is 4.79 Å². The minimum atomic E-state index is 0.189. The van der Waals surface area contributed by atoms with Gasteiger partial charge in [0.25, 0.3) is 0 Å². The molecule has 4 aromatic rings. The summed E-state index contributed by atoms with van der Waals surface area (Å²) in [6.07, 6.45) is 2.50. The largest absolute Gasteiger partial charge is 0.464 e. The van der Waals surface area contributed by atoms with Gasteiger partial charge in [-0.1, -0.05) is 36.4 Å². The number of carbonyl (C=O) groups excluding carboxylic acids is 1. The van der Waals surface area contributed by atoms with Gasteiger partial charge in [0.15, 0.2) is 0 Å². The van der Waals surface area contributed by atoms with Crippen LogP contribution in [-0.4, -0.2) is 5.78 Å². The Morgan fingerprint density at radius 2 is 1.63 bits per heavy atom. The van der Waals surface area contributed by atoms with Gasteiger partial charge in [0.2, 0.25) is 0 Å². The highest BCUT2D eigenvalue weighted by molar-refractivity contribution is 5.85. The van der Waals surface area contributed by atoms with E-state index in [0.717, 1.165) is 39.2 Å². The molecule has 4 rings (SSSR count). The molecule has 0 radical (unpaired) electrons. The fraction of sp³-hybridized carbons (Fsp3) is 0.125. The molecule has 0 saturated heterocycles. The lowest BCUT2D eigenvalue weighted by Gasteiger charge is -2.10. The molecule has 0 aliphatic heterocycles. The summed E-state index contributed by atoms with van der Waals surface area (Å²) in [6, 6.07) is 23.4. The minimum Gasteiger partial charge on any atom is -0.464 e. The van der Waals surface area contributed by atoms with E-state index in [-0.39, 0.29) is 5.78 Å². The molecule has 1 heterocycles. The lowest BCUT2D eigenvalue weighted by molar-refractivity contribution is -0.117. The Morgan fingerprint density at radius 1 is 0.889 bits per heavy atom. The highest BCUT2D eigenvalue weighted by atomic mass is 16.5. The van der Waals surface area contributed by atoms with Gasteiger partial charge in [-0.25, -0.2) is 0 Å². The molecule has 0 amide bonds. The van der Waals surface area contributed by atoms with Crippen molar-refractivity contribution >= 4 is 16.8 Å². The van der Waals surface area contributed by atoms with E-state index in [1.165, 1.54) is 0 Å². The second-order valence-electron chi connectivity index (χ2n) is 6.70. The maximum atomic E-state index is 12.5. The summed E-state index contributed by atoms with van der Waals surface area (Å²) >= 11 is 0. The number of furan rings is 1. The fourth-order valence-electron chi connectivity index (χ4n) is 3.20. The number of hydrogen-bond acceptors (Lipinski definition) is 3. The molecule has 0 N–H and O–H groups in total. The van der Waals surface area contributed by atoms with Crippen LogP contribution in [0.2, 0.25) is 0 Å². The predicted octanol–water partition coefficient (Wildman–Crippen LogP) is 5.89. The van der Waals surface area contributed by atoms with Crippen molar-refractivity contribution in [2.75, 3.05) is 0 Å². The summed E-state index contributed by atoms with van der Waals surface area (Å²) in [5, 5.41) is 1.03. The normalized spacial score (nSPS) is 10.9. The zero-order valence-corrected chi connectivity index (χ0v) is 15.1. The van der Waals surface area contributed by atoms with E-state index in [1.807, 2.05) is 79.7 Å². The van der Waals surface area contributed by atoms with Crippen molar-refractivity contribution in [2.45, 2.75) is 19.8 Å². The van der Waals surface area contributed by atoms with Gasteiger partial charge < -0.3 is 9.15 Å². The lowest BCUT2D eigenvalue weighted by atomic mass is 10.0. The topological polar surface area (TPSA) is 39.4 Å². The van der Waals surface area contributed by atoms with Gasteiger partial charge in [-0.05, 0) is 60.0 Å². The SMILES string of the molecule is Cc1cc(CC(=O)Cc2ccc3occc3c2)ccc1Oc1ccccc1. The highest BCUT2D eigenvalue weighted by Gasteiger charge is 2.09. The van der Waals surface area contributed by atoms with Gasteiger partial charge in [-0.15, -0.1) is 0 Å². The third-order valence-electron chi connectivity index (χ3n) is 4.53. The molecule has 3 nitrogen and oxygen atoms in total. The molecule has 134 valence electrons. The lowest BCUT2D eigenvalue weighted by Crippen LogP contribution is -2.06. The molecule has 1 aromatic heterocycles. The molecule has 0 bridgehead atoms. The Morgan fingerprint density at radius 3 is 2.41 bits per heavy atom. The first-order valence-electron chi connectivity index (χ1n) is 8.98. The van der Waals surface area contributed by atoms with Crippen molar-refractivity contribution in [3.8, 4) is 11.5 Å². The van der Waals surface area contributed by atoms with Crippen molar-refractivity contribution in [1.29, 1.82) is 0 Å². The molecular weight excluding hydrogens is 336 g/mol. The third kappa shape index (κ3) is 4.09. The van der Waals surface area contributed by atoms with E-state index < -0.39 is 0 Å². The van der Waals surface area contributed by atoms with Crippen molar-refractivity contribution in [3.05, 3.63) is 95.7 Å². The standard InChI is InChI=1S/C24H20O3/c1-17-13-18(7-9-23(17)27-22-5-3-2-4-6-22)15-21(25)16-19-8-10-24-20(14-19)11-12-26-24/h2-14H,15-16H2,1H3. The third-order valence-corrected chi connectivity index (χ3v) is 4.53. The minimum absolute atomic E-state index is 0.189. The van der Waals surface area contributed by atoms with E-state index >= 15 is 0 Å². The number of benzene rings is 3. The first-order valence-corrected chi connectivity index (χ1v) is 8.98. The van der Waals surface area contributed by atoms with Gasteiger partial charge >= 0.3 is 0 Å². The summed E-state index contributed by atoms with van der Waals surface area (Å²) in [7, 11) is 0. The van der Waals surface area contributed by atoms with Crippen molar-refractivity contribution < 1.29 is 13.9 Å². The summed E-state index contributed by atoms with van der Waals surface area (Å²) in [5.74, 6) is 1.80. The summed E-state index contributed by atoms with van der Waals surface area (Å²) in [4.78, 5) is 12.5. The van der Waals surface area contributed by atoms with Gasteiger partial charge in [-0.2, -0.15) is 0 Å². The average Bonchev–Trinajstić information content (AvgIpc) is 3.12. The smallest absolute Gasteiger partial charge is 0.141 e. The highest BCUT2D eigenvalue weighted by Crippen LogP contribution is 2.26. The zero-order chi connectivity index (χ0) is 18.6. The second-order valence-corrected chi connectivity index (χ2v) is 6.70. The number of carbonyl (C=O) groups is 1. The molecule has 27 heavy (non-hydrogen) atoms. The Labute approximate surface area is 158 Å². The maximum Gasteiger partial charge on any atom is 0.141 e. The summed E-state index contributed by atoms with van der Waals surface area (Å²) in [6.45, 7) is 2.00. The fourth-order valence-corrected chi connectivity index (χ4v) is 3.20. The molecule has 0 fully saturated rings. The number of rotatable bonds is 6. The zero-order valence-electron chi connectivity index (χ0n) is 15.1. The maximum absolute atomic E-state index is 12.5. The molecule has 3 aromatic carbocycles. The molecular formula is C24H20O3. The van der Waals surface area contributed by atoms with Crippen molar-refractivity contribution in [3.63, 3.8) is 0 Å². The van der Waals surface area contributed by atoms with Crippen LogP contribution in [-0.2, 0) is 17.6 Å². The van der Waals surface area contributed by atoms with Gasteiger partial charge in [0.05, 0.1) is 6.26 Å². The average molecular weight is 356 g/mol. The molecule has 0 saturated carbocycles. The van der Waals surface area contributed by atoms with Crippen molar-refractivity contribution in [2.24, 2.45) is 0 Å². The van der Waals surface area contributed by atoms with Crippen LogP contribution < -0.4 is 4.74 Å². The molecule has 3 heteroatoms. The van der Waals surface area contributed by atoms with Gasteiger partial charge in [0, 0.05) is 18.2 Å². The summed E-state index contributed by atoms with van der Waals surface area (Å²) < 4.78 is 11.2. The number of ether oxygens (including phenoxy) is 1. The van der Waals surface area contributed by atoms with Crippen LogP contribution in [0.5, 0.6) is 11.5 Å². The Hall–Kier alpha value is -3.33. The van der Waals surface area contributed by atoms with Crippen LogP contribution in [0, 0.1) is 6.92 Å². The van der Waals surface area contributed by atoms with Crippen LogP contribution >= 0.6 is 0 Å².